The van der Waals surface area contributed by atoms with Crippen LogP contribution in [0.2, 0.25) is 5.02 Å². The van der Waals surface area contributed by atoms with Crippen molar-refractivity contribution in [2.24, 2.45) is 0 Å². The van der Waals surface area contributed by atoms with Crippen LogP contribution < -0.4 is 4.74 Å². The highest BCUT2D eigenvalue weighted by atomic mass is 79.9. The Balaban J connectivity index is 1.57. The predicted molar refractivity (Wildman–Crippen MR) is 112 cm³/mol. The first-order valence-corrected chi connectivity index (χ1v) is 9.93. The van der Waals surface area contributed by atoms with E-state index in [2.05, 4.69) is 21.0 Å². The van der Waals surface area contributed by atoms with E-state index >= 15 is 0 Å². The van der Waals surface area contributed by atoms with Crippen molar-refractivity contribution in [2.45, 2.75) is 26.5 Å². The molecule has 0 aliphatic carbocycles. The number of aryl methyl sites for hydroxylation is 1. The molecule has 1 unspecified atom stereocenters. The Hall–Kier alpha value is -2.15. The number of nitrogens with zero attached hydrogens (tertiary/aromatic N) is 2. The fraction of sp³-hybridized carbons (Fsp3) is 0.238. The van der Waals surface area contributed by atoms with E-state index < -0.39 is 6.10 Å². The van der Waals surface area contributed by atoms with Crippen molar-refractivity contribution in [1.82, 2.24) is 9.78 Å². The Morgan fingerprint density at radius 3 is 2.25 bits per heavy atom. The molecule has 28 heavy (non-hydrogen) atoms. The molecule has 1 heterocycles. The van der Waals surface area contributed by atoms with Crippen LogP contribution in [0.25, 0.3) is 0 Å². The molecule has 5 nitrogen and oxygen atoms in total. The van der Waals surface area contributed by atoms with Crippen molar-refractivity contribution >= 4 is 33.3 Å². The zero-order valence-electron chi connectivity index (χ0n) is 15.5. The van der Waals surface area contributed by atoms with Gasteiger partial charge in [0.25, 0.3) is 0 Å². The summed E-state index contributed by atoms with van der Waals surface area (Å²) in [7, 11) is 0. The fourth-order valence-corrected chi connectivity index (χ4v) is 3.18. The van der Waals surface area contributed by atoms with E-state index in [1.807, 2.05) is 13.8 Å². The van der Waals surface area contributed by atoms with Gasteiger partial charge in [0.15, 0.2) is 5.78 Å². The zero-order valence-corrected chi connectivity index (χ0v) is 17.9. The average Bonchev–Trinajstić information content (AvgIpc) is 2.93. The van der Waals surface area contributed by atoms with Crippen LogP contribution in [0, 0.1) is 13.8 Å². The number of hydrogen-bond donors (Lipinski definition) is 1. The Morgan fingerprint density at radius 1 is 1.14 bits per heavy atom. The lowest BCUT2D eigenvalue weighted by Crippen LogP contribution is -2.24. The smallest absolute Gasteiger partial charge is 0.193 e. The van der Waals surface area contributed by atoms with Crippen LogP contribution in [0.3, 0.4) is 0 Å². The highest BCUT2D eigenvalue weighted by Gasteiger charge is 2.14. The van der Waals surface area contributed by atoms with E-state index in [9.17, 15) is 9.90 Å². The average molecular weight is 464 g/mol. The van der Waals surface area contributed by atoms with E-state index in [1.165, 1.54) is 0 Å². The molecule has 0 spiro atoms. The third kappa shape index (κ3) is 4.82. The van der Waals surface area contributed by atoms with Crippen LogP contribution in [-0.4, -0.2) is 33.4 Å². The second kappa shape index (κ2) is 8.90. The molecule has 0 aliphatic rings. The van der Waals surface area contributed by atoms with Gasteiger partial charge in [0.1, 0.15) is 18.5 Å². The Labute approximate surface area is 177 Å². The van der Waals surface area contributed by atoms with Crippen LogP contribution in [0.15, 0.2) is 53.0 Å². The molecule has 0 saturated heterocycles. The number of carbonyl (C=O) groups is 1. The number of aromatic nitrogens is 2. The molecular formula is C21H20BrClN2O3. The molecule has 1 N–H and O–H groups in total. The van der Waals surface area contributed by atoms with E-state index in [1.54, 1.807) is 53.2 Å². The van der Waals surface area contributed by atoms with E-state index in [0.29, 0.717) is 28.4 Å². The quantitative estimate of drug-likeness (QED) is 0.521. The molecule has 0 radical (unpaired) electrons. The molecule has 7 heteroatoms. The lowest BCUT2D eigenvalue weighted by Gasteiger charge is -2.14. The minimum Gasteiger partial charge on any atom is -0.491 e. The minimum atomic E-state index is -0.708. The number of ketones is 1. The molecule has 0 bridgehead atoms. The van der Waals surface area contributed by atoms with Gasteiger partial charge in [-0.2, -0.15) is 5.10 Å². The first kappa shape index (κ1) is 20.6. The van der Waals surface area contributed by atoms with Crippen LogP contribution in [0.5, 0.6) is 5.75 Å². The third-order valence-corrected chi connectivity index (χ3v) is 5.74. The first-order valence-electron chi connectivity index (χ1n) is 8.76. The molecule has 0 fully saturated rings. The summed E-state index contributed by atoms with van der Waals surface area (Å²) in [6, 6.07) is 13.6. The molecular weight excluding hydrogens is 444 g/mol. The Kier molecular flexibility index (Phi) is 6.54. The second-order valence-corrected chi connectivity index (χ2v) is 7.72. The summed E-state index contributed by atoms with van der Waals surface area (Å²) in [5.74, 6) is 0.500. The van der Waals surface area contributed by atoms with E-state index in [-0.39, 0.29) is 12.4 Å². The molecule has 146 valence electrons. The van der Waals surface area contributed by atoms with Gasteiger partial charge in [-0.3, -0.25) is 9.48 Å². The number of aliphatic hydroxyl groups excluding tert-OH is 1. The van der Waals surface area contributed by atoms with Crippen molar-refractivity contribution in [3.8, 4) is 5.75 Å². The zero-order chi connectivity index (χ0) is 20.3. The molecule has 0 amide bonds. The molecule has 3 rings (SSSR count). The van der Waals surface area contributed by atoms with Gasteiger partial charge in [-0.25, -0.2) is 0 Å². The number of aliphatic hydroxyl groups is 1. The fourth-order valence-electron chi connectivity index (χ4n) is 2.77. The van der Waals surface area contributed by atoms with Crippen molar-refractivity contribution in [3.05, 3.63) is 80.5 Å². The van der Waals surface area contributed by atoms with Crippen molar-refractivity contribution < 1.29 is 14.6 Å². The Morgan fingerprint density at radius 2 is 1.71 bits per heavy atom. The summed E-state index contributed by atoms with van der Waals surface area (Å²) in [4.78, 5) is 12.5. The summed E-state index contributed by atoms with van der Waals surface area (Å²) in [6.45, 7) is 4.31. The van der Waals surface area contributed by atoms with Crippen LogP contribution >= 0.6 is 27.5 Å². The summed E-state index contributed by atoms with van der Waals surface area (Å²) >= 11 is 9.33. The lowest BCUT2D eigenvalue weighted by atomic mass is 10.0. The number of hydrogen-bond acceptors (Lipinski definition) is 4. The van der Waals surface area contributed by atoms with Gasteiger partial charge < -0.3 is 9.84 Å². The van der Waals surface area contributed by atoms with Gasteiger partial charge in [0.2, 0.25) is 0 Å². The number of ether oxygens (including phenoxy) is 1. The van der Waals surface area contributed by atoms with E-state index in [4.69, 9.17) is 16.3 Å². The van der Waals surface area contributed by atoms with Gasteiger partial charge in [0, 0.05) is 21.8 Å². The van der Waals surface area contributed by atoms with Gasteiger partial charge in [-0.1, -0.05) is 11.6 Å². The van der Waals surface area contributed by atoms with Gasteiger partial charge in [0.05, 0.1) is 16.7 Å². The van der Waals surface area contributed by atoms with Gasteiger partial charge in [-0.15, -0.1) is 0 Å². The van der Waals surface area contributed by atoms with Crippen LogP contribution in [0.4, 0.5) is 0 Å². The van der Waals surface area contributed by atoms with Gasteiger partial charge >= 0.3 is 0 Å². The molecule has 0 aliphatic heterocycles. The van der Waals surface area contributed by atoms with Crippen molar-refractivity contribution in [3.63, 3.8) is 0 Å². The number of benzene rings is 2. The summed E-state index contributed by atoms with van der Waals surface area (Å²) < 4.78 is 8.34. The molecule has 0 saturated carbocycles. The van der Waals surface area contributed by atoms with E-state index in [0.717, 1.165) is 15.9 Å². The topological polar surface area (TPSA) is 64.3 Å². The maximum Gasteiger partial charge on any atom is 0.193 e. The summed E-state index contributed by atoms with van der Waals surface area (Å²) in [6.07, 6.45) is -0.708. The van der Waals surface area contributed by atoms with Crippen molar-refractivity contribution in [2.75, 3.05) is 6.61 Å². The maximum atomic E-state index is 12.5. The molecule has 3 aromatic rings. The third-order valence-electron chi connectivity index (χ3n) is 4.34. The standard InChI is InChI=1S/C21H20BrClN2O3/c1-13-20(22)14(2)25(24-13)11-18(26)12-28-19-9-5-16(6-10-19)21(27)15-3-7-17(23)8-4-15/h3-10,18,26H,11-12H2,1-2H3. The second-order valence-electron chi connectivity index (χ2n) is 6.49. The number of rotatable bonds is 7. The van der Waals surface area contributed by atoms with Crippen molar-refractivity contribution in [1.29, 1.82) is 0 Å². The monoisotopic (exact) mass is 462 g/mol. The van der Waals surface area contributed by atoms with Crippen LogP contribution in [-0.2, 0) is 6.54 Å². The summed E-state index contributed by atoms with van der Waals surface area (Å²) in [5, 5.41) is 15.2. The summed E-state index contributed by atoms with van der Waals surface area (Å²) in [5.41, 5.74) is 2.97. The predicted octanol–water partition coefficient (Wildman–Crippen LogP) is 4.59. The maximum absolute atomic E-state index is 12.5. The Bertz CT molecular complexity index is 969. The van der Waals surface area contributed by atoms with Crippen LogP contribution in [0.1, 0.15) is 27.3 Å². The molecule has 2 aromatic carbocycles. The number of carbonyl (C=O) groups excluding carboxylic acids is 1. The number of halogens is 2. The molecule has 1 atom stereocenters. The minimum absolute atomic E-state index is 0.0849. The van der Waals surface area contributed by atoms with Gasteiger partial charge in [-0.05, 0) is 78.3 Å². The molecule has 1 aromatic heterocycles. The SMILES string of the molecule is Cc1nn(CC(O)COc2ccc(C(=O)c3ccc(Cl)cc3)cc2)c(C)c1Br. The first-order chi connectivity index (χ1) is 13.3. The highest BCUT2D eigenvalue weighted by Crippen LogP contribution is 2.20. The highest BCUT2D eigenvalue weighted by molar-refractivity contribution is 9.10. The normalized spacial score (nSPS) is 12.0. The lowest BCUT2D eigenvalue weighted by molar-refractivity contribution is 0.0886. The largest absolute Gasteiger partial charge is 0.491 e.